The zero-order valence-electron chi connectivity index (χ0n) is 49.1. The normalized spacial score (nSPS) is 12.8. The molecule has 0 rings (SSSR count). The number of rotatable bonds is 61. The van der Waals surface area contributed by atoms with Crippen LogP contribution in [0.1, 0.15) is 354 Å². The zero-order chi connectivity index (χ0) is 52.9. The third kappa shape index (κ3) is 59.2. The van der Waals surface area contributed by atoms with Crippen molar-refractivity contribution in [2.24, 2.45) is 0 Å². The lowest BCUT2D eigenvalue weighted by Gasteiger charge is -2.22. The van der Waals surface area contributed by atoms with Crippen LogP contribution >= 0.6 is 0 Å². The Kier molecular flexibility index (Phi) is 61.0. The monoisotopic (exact) mass is 1030 g/mol. The Morgan fingerprint density at radius 2 is 0.685 bits per heavy atom. The molecule has 0 bridgehead atoms. The molecule has 0 heterocycles. The summed E-state index contributed by atoms with van der Waals surface area (Å²) in [5, 5.41) is 23.4. The van der Waals surface area contributed by atoms with E-state index in [1.165, 1.54) is 250 Å². The number of hydrogen-bond acceptors (Lipinski definition) is 5. The summed E-state index contributed by atoms with van der Waals surface area (Å²) in [6.07, 6.45) is 78.7. The fourth-order valence-corrected chi connectivity index (χ4v) is 10.1. The van der Waals surface area contributed by atoms with Crippen LogP contribution in [0.2, 0.25) is 0 Å². The van der Waals surface area contributed by atoms with E-state index in [1.807, 2.05) is 0 Å². The minimum Gasteiger partial charge on any atom is -0.466 e. The Hall–Kier alpha value is -1.92. The van der Waals surface area contributed by atoms with E-state index in [9.17, 15) is 19.8 Å². The van der Waals surface area contributed by atoms with Crippen molar-refractivity contribution in [2.75, 3.05) is 13.2 Å². The van der Waals surface area contributed by atoms with Gasteiger partial charge in [0.05, 0.1) is 25.4 Å². The van der Waals surface area contributed by atoms with Gasteiger partial charge in [0, 0.05) is 12.8 Å². The summed E-state index contributed by atoms with van der Waals surface area (Å²) in [7, 11) is 0. The number of esters is 1. The molecule has 2 unspecified atom stereocenters. The number of allylic oxidation sites excluding steroid dienone is 6. The topological polar surface area (TPSA) is 95.9 Å². The van der Waals surface area contributed by atoms with E-state index in [2.05, 4.69) is 55.6 Å². The molecule has 0 spiro atoms. The van der Waals surface area contributed by atoms with Gasteiger partial charge in [-0.1, -0.05) is 294 Å². The van der Waals surface area contributed by atoms with E-state index in [4.69, 9.17) is 4.74 Å². The summed E-state index contributed by atoms with van der Waals surface area (Å²) >= 11 is 0. The van der Waals surface area contributed by atoms with Gasteiger partial charge >= 0.3 is 5.97 Å². The van der Waals surface area contributed by atoms with Crippen LogP contribution in [0.5, 0.6) is 0 Å². The van der Waals surface area contributed by atoms with Crippen molar-refractivity contribution in [3.05, 3.63) is 36.5 Å². The minimum atomic E-state index is -0.677. The van der Waals surface area contributed by atoms with E-state index < -0.39 is 12.1 Å². The molecule has 1 amide bonds. The van der Waals surface area contributed by atoms with Crippen molar-refractivity contribution in [1.29, 1.82) is 0 Å². The van der Waals surface area contributed by atoms with Crippen LogP contribution in [0.25, 0.3) is 0 Å². The summed E-state index contributed by atoms with van der Waals surface area (Å²) in [5.41, 5.74) is 0. The summed E-state index contributed by atoms with van der Waals surface area (Å²) in [6.45, 7) is 4.93. The van der Waals surface area contributed by atoms with Gasteiger partial charge in [-0.15, -0.1) is 0 Å². The van der Waals surface area contributed by atoms with Gasteiger partial charge in [0.15, 0.2) is 0 Å². The molecule has 0 aliphatic rings. The molecule has 430 valence electrons. The van der Waals surface area contributed by atoms with E-state index in [0.717, 1.165) is 70.6 Å². The smallest absolute Gasteiger partial charge is 0.305 e. The van der Waals surface area contributed by atoms with Crippen LogP contribution in [0.15, 0.2) is 36.5 Å². The molecule has 0 saturated carbocycles. The second kappa shape index (κ2) is 62.6. The molecule has 0 aliphatic heterocycles. The number of ether oxygens (including phenoxy) is 1. The van der Waals surface area contributed by atoms with Crippen LogP contribution < -0.4 is 5.32 Å². The molecule has 6 heteroatoms. The maximum Gasteiger partial charge on any atom is 0.305 e. The number of amides is 1. The van der Waals surface area contributed by atoms with E-state index in [-0.39, 0.29) is 18.5 Å². The van der Waals surface area contributed by atoms with Gasteiger partial charge in [-0.05, 0) is 83.5 Å². The SMILES string of the molecule is CCCCC/C=C\C/C=C\CCCCCCCCCCCC(=O)OCCCCCCCCC/C=C\CCCCCCCC(=O)NC(CO)C(O)CCCCCCCCCCCCCCCCCCCCCCC. The van der Waals surface area contributed by atoms with Crippen molar-refractivity contribution < 1.29 is 24.5 Å². The largest absolute Gasteiger partial charge is 0.466 e. The first kappa shape index (κ1) is 71.1. The molecule has 0 aromatic rings. The van der Waals surface area contributed by atoms with Crippen molar-refractivity contribution >= 4 is 11.9 Å². The predicted octanol–water partition coefficient (Wildman–Crippen LogP) is 20.8. The number of nitrogens with one attached hydrogen (secondary N) is 1. The van der Waals surface area contributed by atoms with Crippen molar-refractivity contribution in [1.82, 2.24) is 5.32 Å². The lowest BCUT2D eigenvalue weighted by molar-refractivity contribution is -0.143. The minimum absolute atomic E-state index is 0.00592. The number of aliphatic hydroxyl groups excluding tert-OH is 2. The highest BCUT2D eigenvalue weighted by Gasteiger charge is 2.20. The zero-order valence-corrected chi connectivity index (χ0v) is 49.1. The predicted molar refractivity (Wildman–Crippen MR) is 319 cm³/mol. The van der Waals surface area contributed by atoms with E-state index in [0.29, 0.717) is 25.9 Å². The Bertz CT molecular complexity index is 1180. The van der Waals surface area contributed by atoms with Crippen LogP contribution in [-0.4, -0.2) is 47.4 Å². The van der Waals surface area contributed by atoms with Gasteiger partial charge in [-0.2, -0.15) is 0 Å². The van der Waals surface area contributed by atoms with Gasteiger partial charge in [-0.3, -0.25) is 9.59 Å². The second-order valence-corrected chi connectivity index (χ2v) is 22.4. The quantitative estimate of drug-likeness (QED) is 0.0320. The maximum atomic E-state index is 12.5. The molecular formula is C67H127NO5. The van der Waals surface area contributed by atoms with Crippen LogP contribution in [0.4, 0.5) is 0 Å². The Balaban J connectivity index is 3.45. The van der Waals surface area contributed by atoms with Gasteiger partial charge in [0.1, 0.15) is 0 Å². The Morgan fingerprint density at radius 3 is 1.08 bits per heavy atom. The molecule has 0 saturated heterocycles. The van der Waals surface area contributed by atoms with Crippen LogP contribution in [0.3, 0.4) is 0 Å². The van der Waals surface area contributed by atoms with Crippen LogP contribution in [0, 0.1) is 0 Å². The molecule has 2 atom stereocenters. The lowest BCUT2D eigenvalue weighted by Crippen LogP contribution is -2.45. The van der Waals surface area contributed by atoms with Gasteiger partial charge in [0.2, 0.25) is 5.91 Å². The molecular weight excluding hydrogens is 899 g/mol. The molecule has 0 aromatic carbocycles. The maximum absolute atomic E-state index is 12.5. The molecule has 0 aromatic heterocycles. The first-order valence-electron chi connectivity index (χ1n) is 32.7. The van der Waals surface area contributed by atoms with Crippen molar-refractivity contribution in [3.63, 3.8) is 0 Å². The molecule has 0 aliphatic carbocycles. The first-order chi connectivity index (χ1) is 36.0. The second-order valence-electron chi connectivity index (χ2n) is 22.4. The summed E-state index contributed by atoms with van der Waals surface area (Å²) in [5.74, 6) is -0.0551. The number of hydrogen-bond donors (Lipinski definition) is 3. The van der Waals surface area contributed by atoms with Crippen molar-refractivity contribution in [3.8, 4) is 0 Å². The fraction of sp³-hybridized carbons (Fsp3) is 0.881. The Morgan fingerprint density at radius 1 is 0.384 bits per heavy atom. The van der Waals surface area contributed by atoms with E-state index in [1.54, 1.807) is 0 Å². The third-order valence-corrected chi connectivity index (χ3v) is 15.2. The molecule has 0 fully saturated rings. The Labute approximate surface area is 455 Å². The highest BCUT2D eigenvalue weighted by Crippen LogP contribution is 2.18. The molecule has 73 heavy (non-hydrogen) atoms. The fourth-order valence-electron chi connectivity index (χ4n) is 10.1. The third-order valence-electron chi connectivity index (χ3n) is 15.2. The molecule has 3 N–H and O–H groups in total. The summed E-state index contributed by atoms with van der Waals surface area (Å²) in [4.78, 5) is 24.6. The standard InChI is InChI=1S/C67H127NO5/c1-3-5-7-9-11-13-15-17-19-21-23-24-26-27-31-35-39-43-47-51-55-59-65(70)64(63-69)68-66(71)60-56-52-48-44-40-36-32-29-30-34-38-42-46-50-54-58-62-73-67(72)61-57-53-49-45-41-37-33-28-25-22-20-18-16-14-12-10-8-6-4-2/h12,14,18,20,29,32,64-65,69-70H,3-11,13,15-17,19,21-28,30-31,33-63H2,1-2H3,(H,68,71)/b14-12-,20-18-,32-29-. The first-order valence-corrected chi connectivity index (χ1v) is 32.7. The number of carbonyl (C=O) groups is 2. The lowest BCUT2D eigenvalue weighted by atomic mass is 10.0. The highest BCUT2D eigenvalue weighted by molar-refractivity contribution is 5.76. The molecule has 6 nitrogen and oxygen atoms in total. The van der Waals surface area contributed by atoms with Gasteiger partial charge in [-0.25, -0.2) is 0 Å². The van der Waals surface area contributed by atoms with Crippen molar-refractivity contribution in [2.45, 2.75) is 366 Å². The van der Waals surface area contributed by atoms with Gasteiger partial charge in [0.25, 0.3) is 0 Å². The van der Waals surface area contributed by atoms with Crippen LogP contribution in [-0.2, 0) is 14.3 Å². The number of aliphatic hydroxyl groups is 2. The average molecular weight is 1030 g/mol. The molecule has 0 radical (unpaired) electrons. The average Bonchev–Trinajstić information content (AvgIpc) is 3.39. The highest BCUT2D eigenvalue weighted by atomic mass is 16.5. The number of carbonyl (C=O) groups excluding carboxylic acids is 2. The van der Waals surface area contributed by atoms with E-state index >= 15 is 0 Å². The summed E-state index contributed by atoms with van der Waals surface area (Å²) in [6, 6.07) is -0.556. The summed E-state index contributed by atoms with van der Waals surface area (Å²) < 4.78 is 5.49. The number of unbranched alkanes of at least 4 members (excludes halogenated alkanes) is 44. The van der Waals surface area contributed by atoms with Gasteiger partial charge < -0.3 is 20.3 Å².